The first kappa shape index (κ1) is 11.5. The highest BCUT2D eigenvalue weighted by atomic mass is 32.1. The standard InChI is InChI=1S/C13H14N2O2S/c16-11(17)13(6-3-7-13)8-14-12-15-9-4-1-2-5-10(9)18-12/h1-2,4-5H,3,6-8H2,(H,14,15)(H,16,17). The number of fused-ring (bicyclic) bond motifs is 1. The molecule has 1 aliphatic carbocycles. The van der Waals surface area contributed by atoms with Gasteiger partial charge in [-0.05, 0) is 25.0 Å². The van der Waals surface area contributed by atoms with Crippen molar-refractivity contribution in [1.82, 2.24) is 4.98 Å². The van der Waals surface area contributed by atoms with Crippen molar-refractivity contribution in [1.29, 1.82) is 0 Å². The van der Waals surface area contributed by atoms with Crippen LogP contribution in [-0.4, -0.2) is 22.6 Å². The number of hydrogen-bond donors (Lipinski definition) is 2. The smallest absolute Gasteiger partial charge is 0.311 e. The minimum absolute atomic E-state index is 0.474. The third-order valence-corrected chi connectivity index (χ3v) is 4.63. The predicted octanol–water partition coefficient (Wildman–Crippen LogP) is 2.96. The number of nitrogens with zero attached hydrogens (tertiary/aromatic N) is 1. The van der Waals surface area contributed by atoms with Gasteiger partial charge >= 0.3 is 5.97 Å². The van der Waals surface area contributed by atoms with Crippen molar-refractivity contribution in [3.8, 4) is 0 Å². The van der Waals surface area contributed by atoms with Crippen molar-refractivity contribution in [3.63, 3.8) is 0 Å². The molecule has 2 aromatic rings. The Labute approximate surface area is 109 Å². The minimum Gasteiger partial charge on any atom is -0.481 e. The fourth-order valence-electron chi connectivity index (χ4n) is 2.26. The first-order valence-electron chi connectivity index (χ1n) is 6.02. The summed E-state index contributed by atoms with van der Waals surface area (Å²) in [6.07, 6.45) is 2.54. The van der Waals surface area contributed by atoms with Crippen LogP contribution in [0.15, 0.2) is 24.3 Å². The number of thiazole rings is 1. The molecule has 0 aliphatic heterocycles. The molecular formula is C13H14N2O2S. The normalized spacial score (nSPS) is 17.3. The zero-order chi connectivity index (χ0) is 12.6. The van der Waals surface area contributed by atoms with Gasteiger partial charge in [-0.25, -0.2) is 4.98 Å². The Morgan fingerprint density at radius 1 is 1.44 bits per heavy atom. The van der Waals surface area contributed by atoms with Gasteiger partial charge in [0.25, 0.3) is 0 Å². The van der Waals surface area contributed by atoms with Crippen LogP contribution in [0.4, 0.5) is 5.13 Å². The lowest BCUT2D eigenvalue weighted by Gasteiger charge is -2.37. The zero-order valence-corrected chi connectivity index (χ0v) is 10.7. The summed E-state index contributed by atoms with van der Waals surface area (Å²) in [5.74, 6) is -0.692. The van der Waals surface area contributed by atoms with Crippen LogP contribution in [0.1, 0.15) is 19.3 Å². The van der Waals surface area contributed by atoms with Crippen LogP contribution in [0.5, 0.6) is 0 Å². The molecule has 0 bridgehead atoms. The lowest BCUT2D eigenvalue weighted by atomic mass is 9.69. The highest BCUT2D eigenvalue weighted by Gasteiger charge is 2.44. The van der Waals surface area contributed by atoms with Crippen molar-refractivity contribution >= 4 is 32.7 Å². The molecule has 4 nitrogen and oxygen atoms in total. The van der Waals surface area contributed by atoms with Gasteiger partial charge in [-0.1, -0.05) is 29.9 Å². The summed E-state index contributed by atoms with van der Waals surface area (Å²) in [6, 6.07) is 7.92. The monoisotopic (exact) mass is 262 g/mol. The average molecular weight is 262 g/mol. The molecule has 18 heavy (non-hydrogen) atoms. The maximum absolute atomic E-state index is 11.2. The van der Waals surface area contributed by atoms with Crippen molar-refractivity contribution < 1.29 is 9.90 Å². The SMILES string of the molecule is O=C(O)C1(CNc2nc3ccccc3s2)CCC1. The van der Waals surface area contributed by atoms with Crippen LogP contribution in [-0.2, 0) is 4.79 Å². The summed E-state index contributed by atoms with van der Waals surface area (Å²) in [6.45, 7) is 0.474. The average Bonchev–Trinajstić information content (AvgIpc) is 2.69. The fourth-order valence-corrected chi connectivity index (χ4v) is 3.12. The molecule has 1 heterocycles. The number of carboxylic acid groups (broad SMARTS) is 1. The van der Waals surface area contributed by atoms with Crippen LogP contribution >= 0.6 is 11.3 Å². The Morgan fingerprint density at radius 2 is 2.22 bits per heavy atom. The number of rotatable bonds is 4. The molecule has 1 aromatic heterocycles. The fraction of sp³-hybridized carbons (Fsp3) is 0.385. The summed E-state index contributed by atoms with van der Waals surface area (Å²) in [5, 5.41) is 13.2. The number of carbonyl (C=O) groups is 1. The van der Waals surface area contributed by atoms with Crippen molar-refractivity contribution in [2.24, 2.45) is 5.41 Å². The van der Waals surface area contributed by atoms with Crippen LogP contribution in [0.3, 0.4) is 0 Å². The first-order chi connectivity index (χ1) is 8.70. The van der Waals surface area contributed by atoms with Crippen molar-refractivity contribution in [2.75, 3.05) is 11.9 Å². The molecule has 0 saturated heterocycles. The van der Waals surface area contributed by atoms with Gasteiger partial charge in [0.05, 0.1) is 15.6 Å². The summed E-state index contributed by atoms with van der Waals surface area (Å²) in [4.78, 5) is 15.7. The topological polar surface area (TPSA) is 62.2 Å². The van der Waals surface area contributed by atoms with Crippen molar-refractivity contribution in [2.45, 2.75) is 19.3 Å². The quantitative estimate of drug-likeness (QED) is 0.889. The molecule has 0 radical (unpaired) electrons. The third-order valence-electron chi connectivity index (χ3n) is 3.64. The van der Waals surface area contributed by atoms with Gasteiger partial charge in [-0.15, -0.1) is 0 Å². The second-order valence-electron chi connectivity index (χ2n) is 4.78. The Morgan fingerprint density at radius 3 is 2.83 bits per heavy atom. The largest absolute Gasteiger partial charge is 0.481 e. The number of aliphatic carboxylic acids is 1. The molecule has 1 saturated carbocycles. The van der Waals surface area contributed by atoms with Gasteiger partial charge in [0, 0.05) is 6.54 Å². The molecule has 1 fully saturated rings. The Kier molecular flexibility index (Phi) is 2.70. The van der Waals surface area contributed by atoms with Gasteiger partial charge in [-0.3, -0.25) is 4.79 Å². The Hall–Kier alpha value is -1.62. The molecule has 94 valence electrons. The third kappa shape index (κ3) is 1.84. The summed E-state index contributed by atoms with van der Waals surface area (Å²) < 4.78 is 1.12. The van der Waals surface area contributed by atoms with E-state index in [9.17, 15) is 9.90 Å². The van der Waals surface area contributed by atoms with E-state index >= 15 is 0 Å². The number of carboxylic acids is 1. The van der Waals surface area contributed by atoms with E-state index in [0.717, 1.165) is 34.6 Å². The summed E-state index contributed by atoms with van der Waals surface area (Å²) >= 11 is 1.57. The van der Waals surface area contributed by atoms with E-state index in [1.54, 1.807) is 11.3 Å². The number of anilines is 1. The van der Waals surface area contributed by atoms with Gasteiger partial charge in [0.15, 0.2) is 5.13 Å². The maximum atomic E-state index is 11.2. The van der Waals surface area contributed by atoms with E-state index in [2.05, 4.69) is 10.3 Å². The van der Waals surface area contributed by atoms with E-state index in [1.165, 1.54) is 0 Å². The van der Waals surface area contributed by atoms with E-state index in [0.29, 0.717) is 6.54 Å². The van der Waals surface area contributed by atoms with Gasteiger partial charge in [0.2, 0.25) is 0 Å². The lowest BCUT2D eigenvalue weighted by Crippen LogP contribution is -2.43. The molecule has 3 rings (SSSR count). The molecule has 5 heteroatoms. The Bertz CT molecular complexity index is 556. The second-order valence-corrected chi connectivity index (χ2v) is 5.81. The predicted molar refractivity (Wildman–Crippen MR) is 72.0 cm³/mol. The maximum Gasteiger partial charge on any atom is 0.311 e. The van der Waals surface area contributed by atoms with Crippen LogP contribution < -0.4 is 5.32 Å². The van der Waals surface area contributed by atoms with E-state index in [4.69, 9.17) is 0 Å². The van der Waals surface area contributed by atoms with E-state index < -0.39 is 11.4 Å². The van der Waals surface area contributed by atoms with Crippen LogP contribution in [0.2, 0.25) is 0 Å². The molecule has 1 aromatic carbocycles. The van der Waals surface area contributed by atoms with Crippen molar-refractivity contribution in [3.05, 3.63) is 24.3 Å². The molecule has 2 N–H and O–H groups in total. The van der Waals surface area contributed by atoms with Gasteiger partial charge in [0.1, 0.15) is 0 Å². The lowest BCUT2D eigenvalue weighted by molar-refractivity contribution is -0.153. The Balaban J connectivity index is 1.75. The molecule has 0 unspecified atom stereocenters. The highest BCUT2D eigenvalue weighted by Crippen LogP contribution is 2.41. The molecule has 1 aliphatic rings. The highest BCUT2D eigenvalue weighted by molar-refractivity contribution is 7.22. The number of aromatic nitrogens is 1. The number of hydrogen-bond acceptors (Lipinski definition) is 4. The van der Waals surface area contributed by atoms with Gasteiger partial charge < -0.3 is 10.4 Å². The van der Waals surface area contributed by atoms with Gasteiger partial charge in [-0.2, -0.15) is 0 Å². The van der Waals surface area contributed by atoms with Crippen LogP contribution in [0, 0.1) is 5.41 Å². The summed E-state index contributed by atoms with van der Waals surface area (Å²) in [5.41, 5.74) is 0.390. The first-order valence-corrected chi connectivity index (χ1v) is 6.84. The molecule has 0 spiro atoms. The zero-order valence-electron chi connectivity index (χ0n) is 9.85. The molecular weight excluding hydrogens is 248 g/mol. The number of benzene rings is 1. The molecule has 0 atom stereocenters. The van der Waals surface area contributed by atoms with E-state index in [1.807, 2.05) is 24.3 Å². The molecule has 0 amide bonds. The number of nitrogens with one attached hydrogen (secondary N) is 1. The van der Waals surface area contributed by atoms with Crippen LogP contribution in [0.25, 0.3) is 10.2 Å². The second kappa shape index (κ2) is 4.24. The van der Waals surface area contributed by atoms with E-state index in [-0.39, 0.29) is 0 Å². The minimum atomic E-state index is -0.692. The summed E-state index contributed by atoms with van der Waals surface area (Å²) in [7, 11) is 0. The number of para-hydroxylation sites is 1.